The number of nitrogens with zero attached hydrogens (tertiary/aromatic N) is 1. The van der Waals surface area contributed by atoms with Crippen LogP contribution in [-0.2, 0) is 32.1 Å². The number of ether oxygens (including phenoxy) is 2. The summed E-state index contributed by atoms with van der Waals surface area (Å²) in [7, 11) is 0. The summed E-state index contributed by atoms with van der Waals surface area (Å²) < 4.78 is 10.8. The van der Waals surface area contributed by atoms with Crippen molar-refractivity contribution in [1.82, 2.24) is 5.06 Å². The fourth-order valence-electron chi connectivity index (χ4n) is 3.49. The summed E-state index contributed by atoms with van der Waals surface area (Å²) in [5, 5.41) is 10.9. The van der Waals surface area contributed by atoms with E-state index < -0.39 is 17.9 Å². The average Bonchev–Trinajstić information content (AvgIpc) is 3.07. The van der Waals surface area contributed by atoms with E-state index in [1.165, 1.54) is 6.08 Å². The Morgan fingerprint density at radius 3 is 2.89 bits per heavy atom. The zero-order chi connectivity index (χ0) is 18.8. The van der Waals surface area contributed by atoms with Gasteiger partial charge >= 0.3 is 5.97 Å². The van der Waals surface area contributed by atoms with Gasteiger partial charge in [-0.3, -0.25) is 10.0 Å². The van der Waals surface area contributed by atoms with Crippen LogP contribution in [-0.4, -0.2) is 34.9 Å². The van der Waals surface area contributed by atoms with Crippen molar-refractivity contribution < 1.29 is 24.3 Å². The molecular formula is C21H19NO5. The van der Waals surface area contributed by atoms with Gasteiger partial charge in [-0.1, -0.05) is 42.5 Å². The van der Waals surface area contributed by atoms with Crippen LogP contribution in [0.1, 0.15) is 28.3 Å². The van der Waals surface area contributed by atoms with Gasteiger partial charge in [0.1, 0.15) is 19.3 Å². The number of amides is 1. The molecule has 0 saturated carbocycles. The SMILES string of the molecule is O=C(/C=C/c1ccc2c(c1)[C@@H]1[C@H](C2)OCC(=O)N1O)OCc1ccccc1. The third-order valence-corrected chi connectivity index (χ3v) is 4.84. The topological polar surface area (TPSA) is 76.1 Å². The molecule has 4 rings (SSSR count). The molecule has 1 fully saturated rings. The van der Waals surface area contributed by atoms with Crippen molar-refractivity contribution in [3.63, 3.8) is 0 Å². The van der Waals surface area contributed by atoms with Crippen LogP contribution >= 0.6 is 0 Å². The van der Waals surface area contributed by atoms with Crippen molar-refractivity contribution >= 4 is 18.0 Å². The van der Waals surface area contributed by atoms with Gasteiger partial charge < -0.3 is 9.47 Å². The summed E-state index contributed by atoms with van der Waals surface area (Å²) in [6.45, 7) is 0.114. The number of fused-ring (bicyclic) bond motifs is 3. The Labute approximate surface area is 156 Å². The van der Waals surface area contributed by atoms with Gasteiger partial charge in [0.15, 0.2) is 0 Å². The Morgan fingerprint density at radius 2 is 2.07 bits per heavy atom. The summed E-state index contributed by atoms with van der Waals surface area (Å²) in [6, 6.07) is 14.7. The molecule has 2 aromatic carbocycles. The summed E-state index contributed by atoms with van der Waals surface area (Å²) >= 11 is 0. The monoisotopic (exact) mass is 365 g/mol. The van der Waals surface area contributed by atoms with E-state index in [9.17, 15) is 14.8 Å². The first-order valence-electron chi connectivity index (χ1n) is 8.76. The van der Waals surface area contributed by atoms with E-state index in [1.807, 2.05) is 48.5 Å². The van der Waals surface area contributed by atoms with E-state index in [4.69, 9.17) is 9.47 Å². The number of hydrogen-bond acceptors (Lipinski definition) is 5. The van der Waals surface area contributed by atoms with E-state index in [1.54, 1.807) is 6.08 Å². The van der Waals surface area contributed by atoms with Crippen LogP contribution in [0.5, 0.6) is 0 Å². The fourth-order valence-corrected chi connectivity index (χ4v) is 3.49. The predicted octanol–water partition coefficient (Wildman–Crippen LogP) is 2.66. The lowest BCUT2D eigenvalue weighted by Crippen LogP contribution is -2.45. The third kappa shape index (κ3) is 3.63. The molecule has 1 N–H and O–H groups in total. The van der Waals surface area contributed by atoms with Gasteiger partial charge in [0.2, 0.25) is 0 Å². The molecule has 1 aliphatic heterocycles. The lowest BCUT2D eigenvalue weighted by molar-refractivity contribution is -0.212. The van der Waals surface area contributed by atoms with Crippen molar-refractivity contribution in [1.29, 1.82) is 0 Å². The first-order chi connectivity index (χ1) is 13.1. The summed E-state index contributed by atoms with van der Waals surface area (Å²) in [4.78, 5) is 23.6. The van der Waals surface area contributed by atoms with E-state index in [-0.39, 0.29) is 19.3 Å². The Balaban J connectivity index is 1.44. The molecule has 2 atom stereocenters. The van der Waals surface area contributed by atoms with Crippen molar-refractivity contribution in [2.24, 2.45) is 0 Å². The quantitative estimate of drug-likeness (QED) is 0.512. The summed E-state index contributed by atoms with van der Waals surface area (Å²) in [6.07, 6.45) is 3.44. The molecule has 0 aromatic heterocycles. The molecule has 2 aliphatic rings. The smallest absolute Gasteiger partial charge is 0.331 e. The largest absolute Gasteiger partial charge is 0.458 e. The number of benzene rings is 2. The first-order valence-corrected chi connectivity index (χ1v) is 8.76. The highest BCUT2D eigenvalue weighted by atomic mass is 16.6. The number of carbonyl (C=O) groups excluding carboxylic acids is 2. The second kappa shape index (κ2) is 7.34. The first kappa shape index (κ1) is 17.5. The van der Waals surface area contributed by atoms with Crippen molar-refractivity contribution in [2.45, 2.75) is 25.2 Å². The lowest BCUT2D eigenvalue weighted by atomic mass is 10.0. The van der Waals surface area contributed by atoms with E-state index in [2.05, 4.69) is 0 Å². The highest BCUT2D eigenvalue weighted by Gasteiger charge is 2.43. The molecule has 0 radical (unpaired) electrons. The second-order valence-corrected chi connectivity index (χ2v) is 6.62. The van der Waals surface area contributed by atoms with Gasteiger partial charge in [-0.25, -0.2) is 9.86 Å². The van der Waals surface area contributed by atoms with E-state index >= 15 is 0 Å². The number of esters is 1. The van der Waals surface area contributed by atoms with Crippen LogP contribution in [0.4, 0.5) is 0 Å². The minimum absolute atomic E-state index is 0.105. The Hall–Kier alpha value is -2.96. The normalized spacial score (nSPS) is 21.2. The average molecular weight is 365 g/mol. The molecule has 6 nitrogen and oxygen atoms in total. The predicted molar refractivity (Wildman–Crippen MR) is 96.5 cm³/mol. The molecule has 0 unspecified atom stereocenters. The van der Waals surface area contributed by atoms with Crippen molar-refractivity contribution in [3.8, 4) is 0 Å². The third-order valence-electron chi connectivity index (χ3n) is 4.84. The van der Waals surface area contributed by atoms with E-state index in [0.717, 1.165) is 27.3 Å². The number of hydrogen-bond donors (Lipinski definition) is 1. The molecule has 27 heavy (non-hydrogen) atoms. The Morgan fingerprint density at radius 1 is 1.26 bits per heavy atom. The molecule has 0 spiro atoms. The second-order valence-electron chi connectivity index (χ2n) is 6.62. The summed E-state index contributed by atoms with van der Waals surface area (Å²) in [5.41, 5.74) is 3.59. The standard InChI is InChI=1S/C21H19NO5/c23-19-13-26-18-11-16-8-6-14(10-17(16)21(18)22(19)25)7-9-20(24)27-12-15-4-2-1-3-5-15/h1-10,18,21,25H,11-13H2/b9-7+/t18-,21+/m0/s1. The molecule has 138 valence electrons. The minimum atomic E-state index is -0.500. The summed E-state index contributed by atoms with van der Waals surface area (Å²) in [5.74, 6) is -0.883. The van der Waals surface area contributed by atoms with Crippen LogP contribution in [0.2, 0.25) is 0 Å². The van der Waals surface area contributed by atoms with Crippen LogP contribution in [0, 0.1) is 0 Å². The van der Waals surface area contributed by atoms with Crippen molar-refractivity contribution in [3.05, 3.63) is 76.9 Å². The maximum Gasteiger partial charge on any atom is 0.331 e. The zero-order valence-corrected chi connectivity index (χ0v) is 14.6. The molecule has 6 heteroatoms. The molecule has 0 bridgehead atoms. The van der Waals surface area contributed by atoms with Crippen LogP contribution in [0.25, 0.3) is 6.08 Å². The van der Waals surface area contributed by atoms with E-state index in [0.29, 0.717) is 6.42 Å². The van der Waals surface area contributed by atoms with Crippen molar-refractivity contribution in [2.75, 3.05) is 6.61 Å². The fraction of sp³-hybridized carbons (Fsp3) is 0.238. The zero-order valence-electron chi connectivity index (χ0n) is 14.6. The highest BCUT2D eigenvalue weighted by molar-refractivity contribution is 5.87. The number of rotatable bonds is 4. The van der Waals surface area contributed by atoms with Gasteiger partial charge in [-0.2, -0.15) is 0 Å². The van der Waals surface area contributed by atoms with Gasteiger partial charge in [-0.05, 0) is 34.4 Å². The van der Waals surface area contributed by atoms with Gasteiger partial charge in [0.05, 0.1) is 6.10 Å². The highest BCUT2D eigenvalue weighted by Crippen LogP contribution is 2.39. The number of carbonyl (C=O) groups is 2. The van der Waals surface area contributed by atoms with Gasteiger partial charge in [0.25, 0.3) is 5.91 Å². The molecule has 1 saturated heterocycles. The number of hydroxylamine groups is 2. The Bertz CT molecular complexity index is 893. The molecule has 1 amide bonds. The van der Waals surface area contributed by atoms with Crippen LogP contribution < -0.4 is 0 Å². The Kier molecular flexibility index (Phi) is 4.75. The molecule has 1 heterocycles. The molecular weight excluding hydrogens is 346 g/mol. The van der Waals surface area contributed by atoms with Crippen LogP contribution in [0.3, 0.4) is 0 Å². The van der Waals surface area contributed by atoms with Gasteiger partial charge in [0, 0.05) is 12.5 Å². The maximum absolute atomic E-state index is 11.9. The molecule has 2 aromatic rings. The van der Waals surface area contributed by atoms with Gasteiger partial charge in [-0.15, -0.1) is 0 Å². The lowest BCUT2D eigenvalue weighted by Gasteiger charge is -2.33. The van der Waals surface area contributed by atoms with Crippen LogP contribution in [0.15, 0.2) is 54.6 Å². The number of morpholine rings is 1. The minimum Gasteiger partial charge on any atom is -0.458 e. The molecule has 1 aliphatic carbocycles. The maximum atomic E-state index is 11.9.